The molecule has 0 saturated heterocycles. The number of likely N-dealkylation sites (N-methyl/N-ethyl adjacent to an activating group) is 2. The summed E-state index contributed by atoms with van der Waals surface area (Å²) in [5.41, 5.74) is 0.695. The topological polar surface area (TPSA) is 15.3 Å². The number of rotatable bonds is 6. The van der Waals surface area contributed by atoms with E-state index in [1.54, 1.807) is 6.07 Å². The first-order chi connectivity index (χ1) is 8.78. The number of hydrogen-bond donors (Lipinski definition) is 1. The Morgan fingerprint density at radius 3 is 2.53 bits per heavy atom. The summed E-state index contributed by atoms with van der Waals surface area (Å²) in [6.07, 6.45) is 0.671. The highest BCUT2D eigenvalue weighted by Gasteiger charge is 2.31. The van der Waals surface area contributed by atoms with Gasteiger partial charge in [-0.1, -0.05) is 22.9 Å². The number of halogens is 2. The number of nitrogens with one attached hydrogen (secondary N) is 1. The molecule has 2 nitrogen and oxygen atoms in total. The van der Waals surface area contributed by atoms with E-state index >= 15 is 0 Å². The maximum atomic E-state index is 13.9. The van der Waals surface area contributed by atoms with E-state index in [1.165, 1.54) is 6.07 Å². The van der Waals surface area contributed by atoms with Crippen molar-refractivity contribution in [3.05, 3.63) is 34.1 Å². The first-order valence-electron chi connectivity index (χ1n) is 6.63. The van der Waals surface area contributed by atoms with Gasteiger partial charge in [-0.3, -0.25) is 0 Å². The fourth-order valence-electron chi connectivity index (χ4n) is 2.05. The lowest BCUT2D eigenvalue weighted by molar-refractivity contribution is 0.137. The molecule has 108 valence electrons. The standard InChI is InChI=1S/C15H24BrFN2/c1-6-18-14(15(2,3)19(4)5)10-11-9-12(16)7-8-13(11)17/h7-9,14,18H,6,10H2,1-5H3. The molecule has 0 saturated carbocycles. The zero-order valence-corrected chi connectivity index (χ0v) is 14.0. The van der Waals surface area contributed by atoms with Crippen LogP contribution < -0.4 is 5.32 Å². The molecule has 0 aliphatic carbocycles. The van der Waals surface area contributed by atoms with E-state index < -0.39 is 0 Å². The van der Waals surface area contributed by atoms with E-state index in [0.717, 1.165) is 16.6 Å². The fourth-order valence-corrected chi connectivity index (χ4v) is 2.46. The third-order valence-electron chi connectivity index (χ3n) is 3.89. The Balaban J connectivity index is 2.99. The Bertz CT molecular complexity index is 419. The second kappa shape index (κ2) is 6.82. The Kier molecular flexibility index (Phi) is 5.96. The molecule has 1 unspecified atom stereocenters. The molecule has 1 rings (SSSR count). The van der Waals surface area contributed by atoms with Gasteiger partial charge in [-0.05, 0) is 64.7 Å². The second-order valence-electron chi connectivity index (χ2n) is 5.60. The summed E-state index contributed by atoms with van der Waals surface area (Å²) in [7, 11) is 4.11. The van der Waals surface area contributed by atoms with Gasteiger partial charge in [0, 0.05) is 16.1 Å². The molecule has 1 atom stereocenters. The van der Waals surface area contributed by atoms with Gasteiger partial charge in [0.2, 0.25) is 0 Å². The first kappa shape index (κ1) is 16.6. The van der Waals surface area contributed by atoms with Crippen LogP contribution in [0.5, 0.6) is 0 Å². The van der Waals surface area contributed by atoms with Crippen LogP contribution in [-0.4, -0.2) is 37.1 Å². The highest BCUT2D eigenvalue weighted by molar-refractivity contribution is 9.10. The molecule has 0 radical (unpaired) electrons. The van der Waals surface area contributed by atoms with Crippen molar-refractivity contribution in [2.24, 2.45) is 0 Å². The van der Waals surface area contributed by atoms with Crippen molar-refractivity contribution in [3.8, 4) is 0 Å². The van der Waals surface area contributed by atoms with Crippen molar-refractivity contribution in [1.82, 2.24) is 10.2 Å². The van der Waals surface area contributed by atoms with Crippen LogP contribution in [0.15, 0.2) is 22.7 Å². The van der Waals surface area contributed by atoms with Crippen LogP contribution in [0.25, 0.3) is 0 Å². The summed E-state index contributed by atoms with van der Waals surface area (Å²) in [5.74, 6) is -0.138. The molecule has 0 aliphatic heterocycles. The largest absolute Gasteiger partial charge is 0.312 e. The summed E-state index contributed by atoms with van der Waals surface area (Å²) < 4.78 is 14.8. The van der Waals surface area contributed by atoms with Crippen LogP contribution in [-0.2, 0) is 6.42 Å². The van der Waals surface area contributed by atoms with Gasteiger partial charge in [0.15, 0.2) is 0 Å². The van der Waals surface area contributed by atoms with Crippen LogP contribution in [0.1, 0.15) is 26.3 Å². The molecule has 1 aromatic carbocycles. The Labute approximate surface area is 124 Å². The lowest BCUT2D eigenvalue weighted by Gasteiger charge is -2.41. The van der Waals surface area contributed by atoms with Gasteiger partial charge in [-0.15, -0.1) is 0 Å². The summed E-state index contributed by atoms with van der Waals surface area (Å²) in [4.78, 5) is 2.18. The average molecular weight is 331 g/mol. The Morgan fingerprint density at radius 1 is 1.37 bits per heavy atom. The van der Waals surface area contributed by atoms with Crippen molar-refractivity contribution >= 4 is 15.9 Å². The summed E-state index contributed by atoms with van der Waals surface area (Å²) in [5, 5.41) is 3.48. The number of benzene rings is 1. The molecule has 0 amide bonds. The van der Waals surface area contributed by atoms with Gasteiger partial charge < -0.3 is 10.2 Å². The third-order valence-corrected chi connectivity index (χ3v) is 4.38. The molecule has 0 bridgehead atoms. The zero-order valence-electron chi connectivity index (χ0n) is 12.4. The smallest absolute Gasteiger partial charge is 0.126 e. The molecule has 0 heterocycles. The highest BCUT2D eigenvalue weighted by atomic mass is 79.9. The van der Waals surface area contributed by atoms with E-state index in [9.17, 15) is 4.39 Å². The molecular weight excluding hydrogens is 307 g/mol. The molecular formula is C15H24BrFN2. The maximum Gasteiger partial charge on any atom is 0.126 e. The lowest BCUT2D eigenvalue weighted by Crippen LogP contribution is -2.56. The van der Waals surface area contributed by atoms with Crippen molar-refractivity contribution in [1.29, 1.82) is 0 Å². The quantitative estimate of drug-likeness (QED) is 0.859. The van der Waals surface area contributed by atoms with Crippen LogP contribution in [0.4, 0.5) is 4.39 Å². The third kappa shape index (κ3) is 4.26. The average Bonchev–Trinajstić information content (AvgIpc) is 2.32. The van der Waals surface area contributed by atoms with Crippen LogP contribution in [0.2, 0.25) is 0 Å². The van der Waals surface area contributed by atoms with Crippen molar-refractivity contribution in [3.63, 3.8) is 0 Å². The minimum atomic E-state index is -0.138. The monoisotopic (exact) mass is 330 g/mol. The maximum absolute atomic E-state index is 13.9. The van der Waals surface area contributed by atoms with E-state index in [1.807, 2.05) is 6.07 Å². The van der Waals surface area contributed by atoms with Crippen LogP contribution in [0, 0.1) is 5.82 Å². The van der Waals surface area contributed by atoms with Crippen molar-refractivity contribution in [2.75, 3.05) is 20.6 Å². The predicted molar refractivity (Wildman–Crippen MR) is 83.0 cm³/mol. The van der Waals surface area contributed by atoms with E-state index in [0.29, 0.717) is 6.42 Å². The first-order valence-corrected chi connectivity index (χ1v) is 7.43. The van der Waals surface area contributed by atoms with Gasteiger partial charge in [-0.25, -0.2) is 4.39 Å². The molecule has 4 heteroatoms. The summed E-state index contributed by atoms with van der Waals surface area (Å²) in [6.45, 7) is 7.31. The molecule has 0 aliphatic rings. The molecule has 0 aromatic heterocycles. The summed E-state index contributed by atoms with van der Waals surface area (Å²) >= 11 is 3.41. The van der Waals surface area contributed by atoms with Crippen LogP contribution >= 0.6 is 15.9 Å². The molecule has 1 aromatic rings. The highest BCUT2D eigenvalue weighted by Crippen LogP contribution is 2.23. The molecule has 19 heavy (non-hydrogen) atoms. The Hall–Kier alpha value is -0.450. The minimum absolute atomic E-state index is 0.0508. The van der Waals surface area contributed by atoms with Crippen LogP contribution in [0.3, 0.4) is 0 Å². The number of hydrogen-bond acceptors (Lipinski definition) is 2. The normalized spacial score (nSPS) is 13.9. The van der Waals surface area contributed by atoms with Gasteiger partial charge >= 0.3 is 0 Å². The van der Waals surface area contributed by atoms with Gasteiger partial charge in [0.1, 0.15) is 5.82 Å². The van der Waals surface area contributed by atoms with E-state index in [4.69, 9.17) is 0 Å². The molecule has 0 fully saturated rings. The fraction of sp³-hybridized carbons (Fsp3) is 0.600. The SMILES string of the molecule is CCNC(Cc1cc(Br)ccc1F)C(C)(C)N(C)C. The summed E-state index contributed by atoms with van der Waals surface area (Å²) in [6, 6.07) is 5.31. The zero-order chi connectivity index (χ0) is 14.6. The van der Waals surface area contributed by atoms with Gasteiger partial charge in [0.25, 0.3) is 0 Å². The molecule has 1 N–H and O–H groups in total. The lowest BCUT2D eigenvalue weighted by atomic mass is 9.88. The van der Waals surface area contributed by atoms with Crippen molar-refractivity contribution < 1.29 is 4.39 Å². The Morgan fingerprint density at radius 2 is 2.00 bits per heavy atom. The number of nitrogens with zero attached hydrogens (tertiary/aromatic N) is 1. The minimum Gasteiger partial charge on any atom is -0.312 e. The second-order valence-corrected chi connectivity index (χ2v) is 6.51. The van der Waals surface area contributed by atoms with E-state index in [2.05, 4.69) is 61.0 Å². The van der Waals surface area contributed by atoms with Gasteiger partial charge in [-0.2, -0.15) is 0 Å². The van der Waals surface area contributed by atoms with Gasteiger partial charge in [0.05, 0.1) is 0 Å². The van der Waals surface area contributed by atoms with E-state index in [-0.39, 0.29) is 17.4 Å². The molecule has 0 spiro atoms. The predicted octanol–water partition coefficient (Wildman–Crippen LogP) is 3.45. The van der Waals surface area contributed by atoms with Crippen molar-refractivity contribution in [2.45, 2.75) is 38.8 Å².